The lowest BCUT2D eigenvalue weighted by Crippen LogP contribution is -2.37. The largest absolute Gasteiger partial charge is 0.547 e. The van der Waals surface area contributed by atoms with Crippen LogP contribution in [0.4, 0.5) is 0 Å². The van der Waals surface area contributed by atoms with Gasteiger partial charge in [-0.25, -0.2) is 0 Å². The van der Waals surface area contributed by atoms with E-state index in [1.165, 1.54) is 19.1 Å². The van der Waals surface area contributed by atoms with E-state index in [0.29, 0.717) is 6.42 Å². The summed E-state index contributed by atoms with van der Waals surface area (Å²) in [5, 5.41) is 0. The number of hydrogen-bond acceptors (Lipinski definition) is 3. The number of esters is 1. The Balaban J connectivity index is 2.98. The second-order valence-corrected chi connectivity index (χ2v) is 11.6. The SMILES string of the molecule is COC(=O)C1(CC(O[Si](C)(C)C)=C(C)C)CCCCC1. The topological polar surface area (TPSA) is 35.5 Å². The molecular weight excluding hydrogens is 268 g/mol. The Kier molecular flexibility index (Phi) is 5.87. The third-order valence-electron chi connectivity index (χ3n) is 3.92. The van der Waals surface area contributed by atoms with Crippen molar-refractivity contribution in [2.45, 2.75) is 72.0 Å². The number of hydrogen-bond donors (Lipinski definition) is 0. The fourth-order valence-corrected chi connectivity index (χ4v) is 3.91. The van der Waals surface area contributed by atoms with E-state index >= 15 is 0 Å². The van der Waals surface area contributed by atoms with Crippen LogP contribution in [0.5, 0.6) is 0 Å². The smallest absolute Gasteiger partial charge is 0.312 e. The molecule has 0 amide bonds. The van der Waals surface area contributed by atoms with Gasteiger partial charge in [-0.15, -0.1) is 0 Å². The summed E-state index contributed by atoms with van der Waals surface area (Å²) in [6, 6.07) is 0. The summed E-state index contributed by atoms with van der Waals surface area (Å²) >= 11 is 0. The molecule has 0 spiro atoms. The van der Waals surface area contributed by atoms with Crippen molar-refractivity contribution < 1.29 is 14.0 Å². The summed E-state index contributed by atoms with van der Waals surface area (Å²) in [7, 11) is -0.155. The van der Waals surface area contributed by atoms with Gasteiger partial charge in [0, 0.05) is 6.42 Å². The van der Waals surface area contributed by atoms with Gasteiger partial charge in [-0.1, -0.05) is 19.3 Å². The minimum absolute atomic E-state index is 0.0601. The maximum Gasteiger partial charge on any atom is 0.312 e. The van der Waals surface area contributed by atoms with Crippen molar-refractivity contribution in [3.63, 3.8) is 0 Å². The zero-order valence-electron chi connectivity index (χ0n) is 14.0. The van der Waals surface area contributed by atoms with Gasteiger partial charge < -0.3 is 9.16 Å². The van der Waals surface area contributed by atoms with Gasteiger partial charge in [0.05, 0.1) is 18.3 Å². The first-order chi connectivity index (χ1) is 9.20. The first kappa shape index (κ1) is 17.3. The zero-order chi connectivity index (χ0) is 15.4. The van der Waals surface area contributed by atoms with E-state index in [9.17, 15) is 4.79 Å². The van der Waals surface area contributed by atoms with Crippen LogP contribution in [0.15, 0.2) is 11.3 Å². The lowest BCUT2D eigenvalue weighted by molar-refractivity contribution is -0.155. The van der Waals surface area contributed by atoms with Gasteiger partial charge in [0.25, 0.3) is 0 Å². The Morgan fingerprint density at radius 2 is 1.65 bits per heavy atom. The number of carbonyl (C=O) groups excluding carboxylic acids is 1. The Bertz CT molecular complexity index is 370. The Morgan fingerprint density at radius 3 is 2.05 bits per heavy atom. The highest BCUT2D eigenvalue weighted by Gasteiger charge is 2.42. The molecule has 0 aliphatic heterocycles. The van der Waals surface area contributed by atoms with Gasteiger partial charge in [-0.2, -0.15) is 0 Å². The lowest BCUT2D eigenvalue weighted by atomic mass is 9.71. The average molecular weight is 298 g/mol. The molecule has 0 radical (unpaired) electrons. The first-order valence-electron chi connectivity index (χ1n) is 7.64. The van der Waals surface area contributed by atoms with Crippen molar-refractivity contribution in [2.75, 3.05) is 7.11 Å². The third-order valence-corrected chi connectivity index (χ3v) is 4.77. The predicted octanol–water partition coefficient (Wildman–Crippen LogP) is 4.65. The molecule has 0 atom stereocenters. The van der Waals surface area contributed by atoms with Crippen LogP contribution in [0.1, 0.15) is 52.4 Å². The normalized spacial score (nSPS) is 18.3. The molecule has 1 aliphatic rings. The molecule has 0 heterocycles. The fraction of sp³-hybridized carbons (Fsp3) is 0.812. The van der Waals surface area contributed by atoms with Crippen molar-refractivity contribution in [2.24, 2.45) is 5.41 Å². The maximum atomic E-state index is 12.3. The Labute approximate surface area is 124 Å². The molecule has 0 N–H and O–H groups in total. The van der Waals surface area contributed by atoms with Gasteiger partial charge in [0.1, 0.15) is 0 Å². The number of ether oxygens (including phenoxy) is 1. The molecule has 0 bridgehead atoms. The van der Waals surface area contributed by atoms with Crippen molar-refractivity contribution in [1.29, 1.82) is 0 Å². The van der Waals surface area contributed by atoms with E-state index in [-0.39, 0.29) is 11.4 Å². The third kappa shape index (κ3) is 4.65. The second-order valence-electron chi connectivity index (χ2n) is 7.15. The van der Waals surface area contributed by atoms with Crippen LogP contribution < -0.4 is 0 Å². The van der Waals surface area contributed by atoms with Crippen LogP contribution in [0.2, 0.25) is 19.6 Å². The van der Waals surface area contributed by atoms with E-state index in [4.69, 9.17) is 9.16 Å². The minimum atomic E-state index is -1.66. The minimum Gasteiger partial charge on any atom is -0.547 e. The molecule has 1 aliphatic carbocycles. The molecule has 0 aromatic carbocycles. The summed E-state index contributed by atoms with van der Waals surface area (Å²) in [6.07, 6.45) is 5.98. The van der Waals surface area contributed by atoms with Crippen molar-refractivity contribution in [1.82, 2.24) is 0 Å². The molecule has 3 nitrogen and oxygen atoms in total. The summed E-state index contributed by atoms with van der Waals surface area (Å²) in [6.45, 7) is 10.7. The molecule has 0 aromatic heterocycles. The van der Waals surface area contributed by atoms with Gasteiger partial charge in [0.2, 0.25) is 8.32 Å². The predicted molar refractivity (Wildman–Crippen MR) is 85.0 cm³/mol. The summed E-state index contributed by atoms with van der Waals surface area (Å²) in [4.78, 5) is 12.3. The molecule has 0 unspecified atom stereocenters. The number of carbonyl (C=O) groups is 1. The van der Waals surface area contributed by atoms with Crippen molar-refractivity contribution >= 4 is 14.3 Å². The van der Waals surface area contributed by atoms with E-state index in [1.54, 1.807) is 0 Å². The number of allylic oxidation sites excluding steroid dienone is 2. The van der Waals surface area contributed by atoms with Gasteiger partial charge >= 0.3 is 5.97 Å². The summed E-state index contributed by atoms with van der Waals surface area (Å²) in [5.41, 5.74) is 0.820. The van der Waals surface area contributed by atoms with E-state index in [2.05, 4.69) is 33.5 Å². The van der Waals surface area contributed by atoms with E-state index in [1.807, 2.05) is 0 Å². The molecule has 1 saturated carbocycles. The number of rotatable bonds is 5. The average Bonchev–Trinajstić information content (AvgIpc) is 2.36. The standard InChI is InChI=1S/C16H30O3Si/c1-13(2)14(19-20(4,5)6)12-16(15(17)18-3)10-8-7-9-11-16/h7-12H2,1-6H3. The molecule has 1 fully saturated rings. The van der Waals surface area contributed by atoms with Crippen LogP contribution in [-0.4, -0.2) is 21.4 Å². The Hall–Kier alpha value is -0.773. The molecule has 0 saturated heterocycles. The van der Waals surface area contributed by atoms with Gasteiger partial charge in [-0.3, -0.25) is 4.79 Å². The first-order valence-corrected chi connectivity index (χ1v) is 11.0. The van der Waals surface area contributed by atoms with E-state index < -0.39 is 8.32 Å². The Morgan fingerprint density at radius 1 is 1.10 bits per heavy atom. The molecule has 116 valence electrons. The quantitative estimate of drug-likeness (QED) is 0.421. The van der Waals surface area contributed by atoms with Crippen molar-refractivity contribution in [3.8, 4) is 0 Å². The van der Waals surface area contributed by atoms with Crippen LogP contribution in [0.25, 0.3) is 0 Å². The van der Waals surface area contributed by atoms with Crippen LogP contribution >= 0.6 is 0 Å². The van der Waals surface area contributed by atoms with Gasteiger partial charge in [0.15, 0.2) is 0 Å². The molecular formula is C16H30O3Si. The van der Waals surface area contributed by atoms with Crippen LogP contribution in [-0.2, 0) is 14.0 Å². The maximum absolute atomic E-state index is 12.3. The number of methoxy groups -OCH3 is 1. The van der Waals surface area contributed by atoms with Crippen LogP contribution in [0.3, 0.4) is 0 Å². The lowest BCUT2D eigenvalue weighted by Gasteiger charge is -2.36. The summed E-state index contributed by atoms with van der Waals surface area (Å²) in [5.74, 6) is 0.951. The monoisotopic (exact) mass is 298 g/mol. The van der Waals surface area contributed by atoms with Crippen LogP contribution in [0, 0.1) is 5.41 Å². The second kappa shape index (κ2) is 6.79. The molecule has 1 rings (SSSR count). The highest BCUT2D eigenvalue weighted by Crippen LogP contribution is 2.43. The highest BCUT2D eigenvalue weighted by molar-refractivity contribution is 6.70. The zero-order valence-corrected chi connectivity index (χ0v) is 15.0. The van der Waals surface area contributed by atoms with Gasteiger partial charge in [-0.05, 0) is 51.9 Å². The molecule has 20 heavy (non-hydrogen) atoms. The fourth-order valence-electron chi connectivity index (χ4n) is 2.89. The van der Waals surface area contributed by atoms with E-state index in [0.717, 1.165) is 31.4 Å². The van der Waals surface area contributed by atoms with Crippen molar-refractivity contribution in [3.05, 3.63) is 11.3 Å². The molecule has 4 heteroatoms. The highest BCUT2D eigenvalue weighted by atomic mass is 28.4. The summed E-state index contributed by atoms with van der Waals surface area (Å²) < 4.78 is 11.3. The molecule has 0 aromatic rings.